The third-order valence-corrected chi connectivity index (χ3v) is 7.06. The minimum Gasteiger partial charge on any atom is -0.376 e. The second kappa shape index (κ2) is 5.84. The summed E-state index contributed by atoms with van der Waals surface area (Å²) < 4.78 is 5.80. The highest BCUT2D eigenvalue weighted by atomic mass is 35.5. The van der Waals surface area contributed by atoms with Gasteiger partial charge in [0.2, 0.25) is 5.91 Å². The summed E-state index contributed by atoms with van der Waals surface area (Å²) in [5.41, 5.74) is 0.138. The molecule has 0 N–H and O–H groups in total. The van der Waals surface area contributed by atoms with Crippen LogP contribution in [0.1, 0.15) is 26.2 Å². The summed E-state index contributed by atoms with van der Waals surface area (Å²) >= 11 is 14.0. The van der Waals surface area contributed by atoms with Gasteiger partial charge in [0, 0.05) is 6.61 Å². The number of para-hydroxylation sites is 1. The minimum atomic E-state index is -0.991. The van der Waals surface area contributed by atoms with Gasteiger partial charge >= 0.3 is 0 Å². The van der Waals surface area contributed by atoms with E-state index in [0.29, 0.717) is 18.1 Å². The first kappa shape index (κ1) is 16.6. The van der Waals surface area contributed by atoms with Crippen molar-refractivity contribution in [2.75, 3.05) is 18.1 Å². The zero-order valence-electron chi connectivity index (χ0n) is 13.3. The Morgan fingerprint density at radius 3 is 2.83 bits per heavy atom. The van der Waals surface area contributed by atoms with E-state index in [9.17, 15) is 4.79 Å². The molecule has 1 aromatic heterocycles. The molecule has 1 aliphatic carbocycles. The highest BCUT2D eigenvalue weighted by molar-refractivity contribution is 7.22. The lowest BCUT2D eigenvalue weighted by Crippen LogP contribution is -2.42. The molecule has 4 rings (SSSR count). The van der Waals surface area contributed by atoms with Gasteiger partial charge in [0.1, 0.15) is 4.33 Å². The summed E-state index contributed by atoms with van der Waals surface area (Å²) in [6.07, 6.45) is 2.50. The molecule has 24 heavy (non-hydrogen) atoms. The van der Waals surface area contributed by atoms with Crippen LogP contribution in [0.4, 0.5) is 5.13 Å². The molecule has 1 saturated carbocycles. The van der Waals surface area contributed by atoms with Gasteiger partial charge in [-0.1, -0.05) is 23.5 Å². The average molecular weight is 385 g/mol. The van der Waals surface area contributed by atoms with Gasteiger partial charge in [-0.15, -0.1) is 23.2 Å². The largest absolute Gasteiger partial charge is 0.376 e. The predicted molar refractivity (Wildman–Crippen MR) is 98.1 cm³/mol. The van der Waals surface area contributed by atoms with E-state index < -0.39 is 9.75 Å². The Morgan fingerprint density at radius 1 is 1.46 bits per heavy atom. The number of ether oxygens (including phenoxy) is 1. The summed E-state index contributed by atoms with van der Waals surface area (Å²) in [7, 11) is 0. The van der Waals surface area contributed by atoms with Gasteiger partial charge in [0.05, 0.1) is 28.3 Å². The third-order valence-electron chi connectivity index (χ3n) is 4.90. The maximum atomic E-state index is 13.2. The van der Waals surface area contributed by atoms with E-state index in [0.717, 1.165) is 29.7 Å². The Balaban J connectivity index is 1.68. The summed E-state index contributed by atoms with van der Waals surface area (Å²) in [4.78, 5) is 19.6. The Hall–Kier alpha value is -0.880. The van der Waals surface area contributed by atoms with Gasteiger partial charge in [-0.25, -0.2) is 4.98 Å². The van der Waals surface area contributed by atoms with Crippen LogP contribution in [-0.2, 0) is 9.53 Å². The average Bonchev–Trinajstić information content (AvgIpc) is 3.02. The van der Waals surface area contributed by atoms with Crippen LogP contribution < -0.4 is 4.90 Å². The van der Waals surface area contributed by atoms with Crippen molar-refractivity contribution in [3.63, 3.8) is 0 Å². The van der Waals surface area contributed by atoms with E-state index >= 15 is 0 Å². The quantitative estimate of drug-likeness (QED) is 0.733. The normalized spacial score (nSPS) is 28.2. The Morgan fingerprint density at radius 2 is 2.21 bits per heavy atom. The molecule has 7 heteroatoms. The molecule has 0 spiro atoms. The number of benzene rings is 1. The number of halogens is 2. The van der Waals surface area contributed by atoms with Crippen molar-refractivity contribution >= 4 is 55.8 Å². The fraction of sp³-hybridized carbons (Fsp3) is 0.529. The number of carbonyl (C=O) groups is 1. The topological polar surface area (TPSA) is 42.4 Å². The zero-order chi connectivity index (χ0) is 16.9. The standard InChI is InChI=1S/C17H18Cl2N2O2S/c1-16(10-17(16,18)19)14(22)21(9-11-5-4-8-23-11)15-20-12-6-2-3-7-13(12)24-15/h2-3,6-7,11H,4-5,8-10H2,1H3/t11-,16+/m0/s1. The lowest BCUT2D eigenvalue weighted by atomic mass is 10.1. The first-order valence-electron chi connectivity index (χ1n) is 8.08. The highest BCUT2D eigenvalue weighted by Gasteiger charge is 2.69. The molecule has 1 aromatic carbocycles. The van der Waals surface area contributed by atoms with Gasteiger partial charge in [-0.05, 0) is 38.3 Å². The molecule has 1 aliphatic heterocycles. The van der Waals surface area contributed by atoms with E-state index in [1.807, 2.05) is 31.2 Å². The molecule has 2 aromatic rings. The molecule has 0 radical (unpaired) electrons. The van der Waals surface area contributed by atoms with Crippen molar-refractivity contribution in [2.45, 2.75) is 36.6 Å². The van der Waals surface area contributed by atoms with Crippen LogP contribution in [0.25, 0.3) is 10.2 Å². The minimum absolute atomic E-state index is 0.0448. The number of hydrogen-bond acceptors (Lipinski definition) is 4. The second-order valence-electron chi connectivity index (χ2n) is 6.73. The van der Waals surface area contributed by atoms with Crippen molar-refractivity contribution in [3.8, 4) is 0 Å². The van der Waals surface area contributed by atoms with E-state index in [2.05, 4.69) is 4.98 Å². The SMILES string of the molecule is C[C@]1(C(=O)N(C[C@@H]2CCCO2)c2nc3ccccc3s2)CC1(Cl)Cl. The number of thiazole rings is 1. The number of carbonyl (C=O) groups excluding carboxylic acids is 1. The van der Waals surface area contributed by atoms with Crippen LogP contribution in [0, 0.1) is 5.41 Å². The second-order valence-corrected chi connectivity index (χ2v) is 9.22. The van der Waals surface area contributed by atoms with Gasteiger partial charge < -0.3 is 4.74 Å². The fourth-order valence-corrected chi connectivity index (χ4v) is 4.81. The van der Waals surface area contributed by atoms with Crippen molar-refractivity contribution < 1.29 is 9.53 Å². The van der Waals surface area contributed by atoms with Crippen LogP contribution in [0.3, 0.4) is 0 Å². The van der Waals surface area contributed by atoms with Gasteiger partial charge in [-0.2, -0.15) is 0 Å². The number of hydrogen-bond donors (Lipinski definition) is 0. The van der Waals surface area contributed by atoms with E-state index in [1.54, 1.807) is 4.90 Å². The third kappa shape index (κ3) is 2.71. The van der Waals surface area contributed by atoms with Gasteiger partial charge in [0.15, 0.2) is 5.13 Å². The van der Waals surface area contributed by atoms with Crippen molar-refractivity contribution in [1.82, 2.24) is 4.98 Å². The molecule has 1 amide bonds. The molecule has 2 fully saturated rings. The molecular weight excluding hydrogens is 367 g/mol. The number of nitrogens with zero attached hydrogens (tertiary/aromatic N) is 2. The molecule has 2 heterocycles. The number of amides is 1. The first-order valence-corrected chi connectivity index (χ1v) is 9.65. The van der Waals surface area contributed by atoms with Gasteiger partial charge in [0.25, 0.3) is 0 Å². The molecular formula is C17H18Cl2N2O2S. The lowest BCUT2D eigenvalue weighted by Gasteiger charge is -2.26. The molecule has 0 unspecified atom stereocenters. The van der Waals surface area contributed by atoms with Crippen molar-refractivity contribution in [1.29, 1.82) is 0 Å². The number of fused-ring (bicyclic) bond motifs is 1. The van der Waals surface area contributed by atoms with Crippen molar-refractivity contribution in [3.05, 3.63) is 24.3 Å². The zero-order valence-corrected chi connectivity index (χ0v) is 15.6. The summed E-state index contributed by atoms with van der Waals surface area (Å²) in [6, 6.07) is 7.89. The Kier molecular flexibility index (Phi) is 4.03. The molecule has 2 aliphatic rings. The van der Waals surface area contributed by atoms with Crippen LogP contribution in [-0.4, -0.2) is 34.5 Å². The molecule has 0 bridgehead atoms. The molecule has 2 atom stereocenters. The maximum Gasteiger partial charge on any atom is 0.237 e. The van der Waals surface area contributed by atoms with Crippen LogP contribution in [0.2, 0.25) is 0 Å². The number of anilines is 1. The van der Waals surface area contributed by atoms with Gasteiger partial charge in [-0.3, -0.25) is 9.69 Å². The van der Waals surface area contributed by atoms with E-state index in [-0.39, 0.29) is 12.0 Å². The lowest BCUT2D eigenvalue weighted by molar-refractivity contribution is -0.123. The van der Waals surface area contributed by atoms with Crippen LogP contribution in [0.15, 0.2) is 24.3 Å². The van der Waals surface area contributed by atoms with E-state index in [1.165, 1.54) is 11.3 Å². The van der Waals surface area contributed by atoms with E-state index in [4.69, 9.17) is 27.9 Å². The molecule has 4 nitrogen and oxygen atoms in total. The number of aromatic nitrogens is 1. The Labute approximate surface area is 154 Å². The van der Waals surface area contributed by atoms with Crippen molar-refractivity contribution in [2.24, 2.45) is 5.41 Å². The van der Waals surface area contributed by atoms with Crippen LogP contribution >= 0.6 is 34.5 Å². The highest BCUT2D eigenvalue weighted by Crippen LogP contribution is 2.64. The summed E-state index contributed by atoms with van der Waals surface area (Å²) in [5.74, 6) is -0.0675. The fourth-order valence-electron chi connectivity index (χ4n) is 3.15. The number of alkyl halides is 2. The predicted octanol–water partition coefficient (Wildman–Crippen LogP) is 4.39. The monoisotopic (exact) mass is 384 g/mol. The summed E-state index contributed by atoms with van der Waals surface area (Å²) in [6.45, 7) is 3.07. The molecule has 128 valence electrons. The first-order chi connectivity index (χ1) is 11.4. The smallest absolute Gasteiger partial charge is 0.237 e. The summed E-state index contributed by atoms with van der Waals surface area (Å²) in [5, 5.41) is 0.689. The maximum absolute atomic E-state index is 13.2. The Bertz CT molecular complexity index is 755. The number of rotatable bonds is 4. The van der Waals surface area contributed by atoms with Crippen LogP contribution in [0.5, 0.6) is 0 Å². The molecule has 1 saturated heterocycles.